The molecule has 1 amide bonds. The molecular formula is C16H20N6OS. The van der Waals surface area contributed by atoms with Gasteiger partial charge in [0, 0.05) is 6.04 Å². The lowest BCUT2D eigenvalue weighted by atomic mass is 10.2. The van der Waals surface area contributed by atoms with Gasteiger partial charge in [0.05, 0.1) is 18.7 Å². The maximum absolute atomic E-state index is 12.3. The fraction of sp³-hybridized carbons (Fsp3) is 0.500. The van der Waals surface area contributed by atoms with Crippen LogP contribution in [0.2, 0.25) is 0 Å². The van der Waals surface area contributed by atoms with E-state index in [2.05, 4.69) is 26.4 Å². The number of anilines is 1. The lowest BCUT2D eigenvalue weighted by molar-refractivity contribution is -0.117. The minimum absolute atomic E-state index is 0.0765. The summed E-state index contributed by atoms with van der Waals surface area (Å²) in [5, 5.41) is 18.7. The second-order valence-electron chi connectivity index (χ2n) is 5.98. The second-order valence-corrected chi connectivity index (χ2v) is 6.89. The standard InChI is InChI=1S/C16H20N6OS/c1-11-18-12(2)22(20-11)9-14-4-3-6-21(14)10-15(23)19-16-13(8-17)5-7-24-16/h5,7,14H,3-4,6,9-10H2,1-2H3,(H,19,23). The molecular weight excluding hydrogens is 324 g/mol. The molecule has 8 heteroatoms. The Kier molecular flexibility index (Phi) is 4.92. The number of carbonyl (C=O) groups excluding carboxylic acids is 1. The number of carbonyl (C=O) groups is 1. The Hall–Kier alpha value is -2.24. The van der Waals surface area contributed by atoms with Gasteiger partial charge < -0.3 is 5.32 Å². The number of aromatic nitrogens is 3. The number of nitriles is 1. The van der Waals surface area contributed by atoms with Crippen molar-refractivity contribution in [1.29, 1.82) is 5.26 Å². The molecule has 1 fully saturated rings. The van der Waals surface area contributed by atoms with E-state index in [9.17, 15) is 4.79 Å². The summed E-state index contributed by atoms with van der Waals surface area (Å²) in [6, 6.07) is 4.09. The van der Waals surface area contributed by atoms with Crippen molar-refractivity contribution in [2.24, 2.45) is 0 Å². The lowest BCUT2D eigenvalue weighted by Crippen LogP contribution is -2.39. The summed E-state index contributed by atoms with van der Waals surface area (Å²) in [4.78, 5) is 18.8. The summed E-state index contributed by atoms with van der Waals surface area (Å²) < 4.78 is 1.92. The molecule has 0 spiro atoms. The monoisotopic (exact) mass is 344 g/mol. The van der Waals surface area contributed by atoms with Gasteiger partial charge in [-0.25, -0.2) is 9.67 Å². The van der Waals surface area contributed by atoms with Gasteiger partial charge in [0.1, 0.15) is 22.7 Å². The number of nitrogens with one attached hydrogen (secondary N) is 1. The van der Waals surface area contributed by atoms with E-state index in [4.69, 9.17) is 5.26 Å². The number of rotatable bonds is 5. The van der Waals surface area contributed by atoms with Gasteiger partial charge in [-0.2, -0.15) is 10.4 Å². The topological polar surface area (TPSA) is 86.8 Å². The van der Waals surface area contributed by atoms with Gasteiger partial charge in [-0.3, -0.25) is 9.69 Å². The predicted molar refractivity (Wildman–Crippen MR) is 91.8 cm³/mol. The summed E-state index contributed by atoms with van der Waals surface area (Å²) in [6.07, 6.45) is 2.13. The molecule has 0 bridgehead atoms. The van der Waals surface area contributed by atoms with E-state index in [1.807, 2.05) is 23.9 Å². The Morgan fingerprint density at radius 2 is 2.38 bits per heavy atom. The normalized spacial score (nSPS) is 17.8. The van der Waals surface area contributed by atoms with Crippen molar-refractivity contribution >= 4 is 22.2 Å². The second kappa shape index (κ2) is 7.11. The summed E-state index contributed by atoms with van der Waals surface area (Å²) in [5.74, 6) is 1.60. The molecule has 0 aliphatic carbocycles. The van der Waals surface area contributed by atoms with Crippen LogP contribution < -0.4 is 5.32 Å². The van der Waals surface area contributed by atoms with Crippen molar-refractivity contribution in [2.45, 2.75) is 39.3 Å². The highest BCUT2D eigenvalue weighted by Crippen LogP contribution is 2.23. The van der Waals surface area contributed by atoms with Gasteiger partial charge in [0.2, 0.25) is 5.91 Å². The number of likely N-dealkylation sites (tertiary alicyclic amines) is 1. The van der Waals surface area contributed by atoms with Crippen LogP contribution in [0.1, 0.15) is 30.1 Å². The first kappa shape index (κ1) is 16.6. The number of thiophene rings is 1. The third kappa shape index (κ3) is 3.63. The van der Waals surface area contributed by atoms with Crippen LogP contribution in [-0.4, -0.2) is 44.7 Å². The molecule has 126 valence electrons. The number of hydrogen-bond donors (Lipinski definition) is 1. The summed E-state index contributed by atoms with van der Waals surface area (Å²) in [7, 11) is 0. The molecule has 1 aliphatic rings. The molecule has 24 heavy (non-hydrogen) atoms. The lowest BCUT2D eigenvalue weighted by Gasteiger charge is -2.23. The van der Waals surface area contributed by atoms with Crippen LogP contribution in [0.15, 0.2) is 11.4 Å². The van der Waals surface area contributed by atoms with Crippen molar-refractivity contribution in [1.82, 2.24) is 19.7 Å². The Bertz CT molecular complexity index is 774. The van der Waals surface area contributed by atoms with Crippen LogP contribution in [0.5, 0.6) is 0 Å². The van der Waals surface area contributed by atoms with Gasteiger partial charge in [-0.15, -0.1) is 11.3 Å². The number of nitrogens with zero attached hydrogens (tertiary/aromatic N) is 5. The summed E-state index contributed by atoms with van der Waals surface area (Å²) in [6.45, 7) is 5.83. The third-order valence-electron chi connectivity index (χ3n) is 4.23. The fourth-order valence-electron chi connectivity index (χ4n) is 3.09. The molecule has 1 saturated heterocycles. The highest BCUT2D eigenvalue weighted by atomic mass is 32.1. The van der Waals surface area contributed by atoms with E-state index in [1.54, 1.807) is 6.07 Å². The predicted octanol–water partition coefficient (Wildman–Crippen LogP) is 1.93. The third-order valence-corrected chi connectivity index (χ3v) is 5.06. The average molecular weight is 344 g/mol. The molecule has 0 aromatic carbocycles. The molecule has 2 aromatic heterocycles. The average Bonchev–Trinajstić information content (AvgIpc) is 3.22. The van der Waals surface area contributed by atoms with Crippen LogP contribution in [0.25, 0.3) is 0 Å². The molecule has 0 saturated carbocycles. The Balaban J connectivity index is 1.60. The first-order valence-corrected chi connectivity index (χ1v) is 8.84. The van der Waals surface area contributed by atoms with Gasteiger partial charge >= 0.3 is 0 Å². The molecule has 3 rings (SSSR count). The smallest absolute Gasteiger partial charge is 0.239 e. The van der Waals surface area contributed by atoms with E-state index in [0.29, 0.717) is 17.1 Å². The van der Waals surface area contributed by atoms with Crippen molar-refractivity contribution in [3.05, 3.63) is 28.7 Å². The zero-order valence-corrected chi connectivity index (χ0v) is 14.6. The zero-order valence-electron chi connectivity index (χ0n) is 13.8. The van der Waals surface area contributed by atoms with E-state index >= 15 is 0 Å². The van der Waals surface area contributed by atoms with Crippen molar-refractivity contribution < 1.29 is 4.79 Å². The molecule has 0 radical (unpaired) electrons. The van der Waals surface area contributed by atoms with E-state index in [1.165, 1.54) is 11.3 Å². The maximum atomic E-state index is 12.3. The fourth-order valence-corrected chi connectivity index (χ4v) is 3.84. The minimum atomic E-state index is -0.0765. The quantitative estimate of drug-likeness (QED) is 0.895. The summed E-state index contributed by atoms with van der Waals surface area (Å²) >= 11 is 1.37. The van der Waals surface area contributed by atoms with Crippen molar-refractivity contribution in [2.75, 3.05) is 18.4 Å². The highest BCUT2D eigenvalue weighted by molar-refractivity contribution is 7.14. The van der Waals surface area contributed by atoms with Gasteiger partial charge in [-0.1, -0.05) is 0 Å². The Labute approximate surface area is 144 Å². The van der Waals surface area contributed by atoms with Gasteiger partial charge in [0.15, 0.2) is 0 Å². The Morgan fingerprint density at radius 3 is 3.08 bits per heavy atom. The van der Waals surface area contributed by atoms with E-state index < -0.39 is 0 Å². The molecule has 1 atom stereocenters. The van der Waals surface area contributed by atoms with Crippen LogP contribution in [0, 0.1) is 25.2 Å². The van der Waals surface area contributed by atoms with Crippen molar-refractivity contribution in [3.8, 4) is 6.07 Å². The maximum Gasteiger partial charge on any atom is 0.239 e. The minimum Gasteiger partial charge on any atom is -0.315 e. The molecule has 1 aliphatic heterocycles. The largest absolute Gasteiger partial charge is 0.315 e. The van der Waals surface area contributed by atoms with Crippen LogP contribution in [0.3, 0.4) is 0 Å². The molecule has 7 nitrogen and oxygen atoms in total. The van der Waals surface area contributed by atoms with Crippen LogP contribution in [0.4, 0.5) is 5.00 Å². The van der Waals surface area contributed by atoms with Gasteiger partial charge in [-0.05, 0) is 44.7 Å². The van der Waals surface area contributed by atoms with E-state index in [0.717, 1.165) is 37.6 Å². The van der Waals surface area contributed by atoms with Crippen LogP contribution in [-0.2, 0) is 11.3 Å². The highest BCUT2D eigenvalue weighted by Gasteiger charge is 2.27. The number of amides is 1. The number of aryl methyl sites for hydroxylation is 2. The first-order chi connectivity index (χ1) is 11.6. The summed E-state index contributed by atoms with van der Waals surface area (Å²) in [5.41, 5.74) is 0.514. The molecule has 1 N–H and O–H groups in total. The SMILES string of the molecule is Cc1nc(C)n(CC2CCCN2CC(=O)Nc2sccc2C#N)n1. The zero-order chi connectivity index (χ0) is 17.1. The molecule has 3 heterocycles. The molecule has 1 unspecified atom stereocenters. The van der Waals surface area contributed by atoms with Crippen molar-refractivity contribution in [3.63, 3.8) is 0 Å². The number of hydrogen-bond acceptors (Lipinski definition) is 6. The van der Waals surface area contributed by atoms with E-state index in [-0.39, 0.29) is 11.9 Å². The van der Waals surface area contributed by atoms with Crippen LogP contribution >= 0.6 is 11.3 Å². The molecule has 2 aromatic rings. The van der Waals surface area contributed by atoms with Gasteiger partial charge in [0.25, 0.3) is 0 Å². The first-order valence-electron chi connectivity index (χ1n) is 7.96. The Morgan fingerprint density at radius 1 is 1.54 bits per heavy atom.